The number of aromatic nitrogens is 3. The first kappa shape index (κ1) is 19.3. The van der Waals surface area contributed by atoms with E-state index in [-0.39, 0.29) is 5.91 Å². The zero-order valence-electron chi connectivity index (χ0n) is 16.0. The van der Waals surface area contributed by atoms with Gasteiger partial charge in [-0.3, -0.25) is 9.78 Å². The minimum absolute atomic E-state index is 0.235. The number of hydrogen-bond acceptors (Lipinski definition) is 6. The largest absolute Gasteiger partial charge is 0.496 e. The number of para-hydroxylation sites is 1. The van der Waals surface area contributed by atoms with Gasteiger partial charge in [-0.1, -0.05) is 24.3 Å². The number of pyridine rings is 1. The predicted octanol–water partition coefficient (Wildman–Crippen LogP) is 2.77. The number of amides is 1. The van der Waals surface area contributed by atoms with Gasteiger partial charge in [0.2, 0.25) is 5.95 Å². The number of carbonyl (C=O) groups excluding carboxylic acids is 1. The van der Waals surface area contributed by atoms with E-state index in [0.29, 0.717) is 36.8 Å². The molecule has 0 bridgehead atoms. The Morgan fingerprint density at radius 2 is 1.93 bits per heavy atom. The molecule has 0 unspecified atom stereocenters. The van der Waals surface area contributed by atoms with Gasteiger partial charge in [0.05, 0.1) is 19.3 Å². The number of benzene rings is 1. The topological polar surface area (TPSA) is 89.0 Å². The SMILES string of the molecule is COc1ccccc1CCNC(=O)c1cc(C)nc(NCc2ccccn2)n1. The molecule has 1 amide bonds. The van der Waals surface area contributed by atoms with Crippen molar-refractivity contribution in [2.45, 2.75) is 19.9 Å². The van der Waals surface area contributed by atoms with Crippen LogP contribution in [0.3, 0.4) is 0 Å². The molecule has 1 aromatic carbocycles. The third kappa shape index (κ3) is 5.26. The minimum Gasteiger partial charge on any atom is -0.496 e. The van der Waals surface area contributed by atoms with Gasteiger partial charge < -0.3 is 15.4 Å². The van der Waals surface area contributed by atoms with Crippen molar-refractivity contribution in [2.75, 3.05) is 19.0 Å². The number of rotatable bonds is 8. The van der Waals surface area contributed by atoms with E-state index >= 15 is 0 Å². The molecule has 0 atom stereocenters. The first-order valence-corrected chi connectivity index (χ1v) is 9.05. The molecule has 0 saturated carbocycles. The van der Waals surface area contributed by atoms with Crippen molar-refractivity contribution >= 4 is 11.9 Å². The van der Waals surface area contributed by atoms with Crippen LogP contribution in [0.25, 0.3) is 0 Å². The molecular formula is C21H23N5O2. The molecule has 2 aromatic heterocycles. The maximum Gasteiger partial charge on any atom is 0.270 e. The highest BCUT2D eigenvalue weighted by atomic mass is 16.5. The molecule has 0 spiro atoms. The van der Waals surface area contributed by atoms with Gasteiger partial charge in [0, 0.05) is 18.4 Å². The second-order valence-electron chi connectivity index (χ2n) is 6.21. The molecule has 0 aliphatic carbocycles. The molecule has 3 rings (SSSR count). The van der Waals surface area contributed by atoms with Crippen LogP contribution in [0, 0.1) is 6.92 Å². The zero-order valence-corrected chi connectivity index (χ0v) is 16.0. The number of carbonyl (C=O) groups is 1. The summed E-state index contributed by atoms with van der Waals surface area (Å²) in [5.41, 5.74) is 2.96. The van der Waals surface area contributed by atoms with Gasteiger partial charge in [0.1, 0.15) is 11.4 Å². The van der Waals surface area contributed by atoms with Gasteiger partial charge in [-0.25, -0.2) is 9.97 Å². The third-order valence-electron chi connectivity index (χ3n) is 4.11. The van der Waals surface area contributed by atoms with Crippen LogP contribution in [0.4, 0.5) is 5.95 Å². The van der Waals surface area contributed by atoms with E-state index in [1.54, 1.807) is 19.4 Å². The molecule has 7 nitrogen and oxygen atoms in total. The highest BCUT2D eigenvalue weighted by molar-refractivity contribution is 5.92. The van der Waals surface area contributed by atoms with Crippen LogP contribution >= 0.6 is 0 Å². The fourth-order valence-corrected chi connectivity index (χ4v) is 2.75. The average molecular weight is 377 g/mol. The Morgan fingerprint density at radius 3 is 2.71 bits per heavy atom. The average Bonchev–Trinajstić information content (AvgIpc) is 2.73. The van der Waals surface area contributed by atoms with Crippen LogP contribution in [0.15, 0.2) is 54.7 Å². The van der Waals surface area contributed by atoms with Crippen LogP contribution in [0.5, 0.6) is 5.75 Å². The molecule has 28 heavy (non-hydrogen) atoms. The van der Waals surface area contributed by atoms with Crippen LogP contribution in [-0.2, 0) is 13.0 Å². The summed E-state index contributed by atoms with van der Waals surface area (Å²) in [7, 11) is 1.64. The Kier molecular flexibility index (Phi) is 6.51. The molecule has 0 aliphatic rings. The van der Waals surface area contributed by atoms with Gasteiger partial charge in [-0.05, 0) is 43.2 Å². The monoisotopic (exact) mass is 377 g/mol. The first-order valence-electron chi connectivity index (χ1n) is 9.05. The number of hydrogen-bond donors (Lipinski definition) is 2. The second-order valence-corrected chi connectivity index (χ2v) is 6.21. The Morgan fingerprint density at radius 1 is 1.11 bits per heavy atom. The Bertz CT molecular complexity index is 931. The highest BCUT2D eigenvalue weighted by Crippen LogP contribution is 2.17. The molecule has 0 saturated heterocycles. The number of nitrogens with zero attached hydrogens (tertiary/aromatic N) is 3. The van der Waals surface area contributed by atoms with E-state index in [4.69, 9.17) is 4.74 Å². The third-order valence-corrected chi connectivity index (χ3v) is 4.11. The Balaban J connectivity index is 1.59. The van der Waals surface area contributed by atoms with Gasteiger partial charge in [-0.15, -0.1) is 0 Å². The number of aryl methyl sites for hydroxylation is 1. The maximum atomic E-state index is 12.5. The standard InChI is InChI=1S/C21H23N5O2/c1-15-13-18(26-21(25-15)24-14-17-8-5-6-11-22-17)20(27)23-12-10-16-7-3-4-9-19(16)28-2/h3-9,11,13H,10,12,14H2,1-2H3,(H,23,27)(H,24,25,26). The second kappa shape index (κ2) is 9.45. The molecule has 7 heteroatoms. The van der Waals surface area contributed by atoms with E-state index in [0.717, 1.165) is 17.0 Å². The van der Waals surface area contributed by atoms with E-state index < -0.39 is 0 Å². The number of nitrogens with one attached hydrogen (secondary N) is 2. The fraction of sp³-hybridized carbons (Fsp3) is 0.238. The smallest absolute Gasteiger partial charge is 0.270 e. The zero-order chi connectivity index (χ0) is 19.8. The van der Waals surface area contributed by atoms with E-state index in [1.807, 2.05) is 49.4 Å². The van der Waals surface area contributed by atoms with E-state index in [9.17, 15) is 4.79 Å². The van der Waals surface area contributed by atoms with Crippen molar-refractivity contribution in [3.63, 3.8) is 0 Å². The Labute approximate surface area is 164 Å². The summed E-state index contributed by atoms with van der Waals surface area (Å²) in [6.45, 7) is 2.80. The lowest BCUT2D eigenvalue weighted by atomic mass is 10.1. The van der Waals surface area contributed by atoms with Crippen LogP contribution in [-0.4, -0.2) is 34.5 Å². The molecule has 0 radical (unpaired) electrons. The van der Waals surface area contributed by atoms with Gasteiger partial charge in [0.15, 0.2) is 0 Å². The molecular weight excluding hydrogens is 354 g/mol. The van der Waals surface area contributed by atoms with Crippen molar-refractivity contribution in [2.24, 2.45) is 0 Å². The lowest BCUT2D eigenvalue weighted by molar-refractivity contribution is 0.0949. The predicted molar refractivity (Wildman–Crippen MR) is 107 cm³/mol. The first-order chi connectivity index (χ1) is 13.7. The van der Waals surface area contributed by atoms with Crippen molar-refractivity contribution < 1.29 is 9.53 Å². The van der Waals surface area contributed by atoms with Crippen molar-refractivity contribution in [1.82, 2.24) is 20.3 Å². The number of methoxy groups -OCH3 is 1. The molecule has 3 aromatic rings. The van der Waals surface area contributed by atoms with Gasteiger partial charge in [0.25, 0.3) is 5.91 Å². The molecule has 0 fully saturated rings. The number of ether oxygens (including phenoxy) is 1. The van der Waals surface area contributed by atoms with Crippen LogP contribution < -0.4 is 15.4 Å². The van der Waals surface area contributed by atoms with Crippen LogP contribution in [0.1, 0.15) is 27.4 Å². The summed E-state index contributed by atoms with van der Waals surface area (Å²) < 4.78 is 5.34. The van der Waals surface area contributed by atoms with E-state index in [1.165, 1.54) is 0 Å². The molecule has 144 valence electrons. The van der Waals surface area contributed by atoms with Crippen molar-refractivity contribution in [1.29, 1.82) is 0 Å². The lowest BCUT2D eigenvalue weighted by Gasteiger charge is -2.10. The van der Waals surface area contributed by atoms with Crippen LogP contribution in [0.2, 0.25) is 0 Å². The minimum atomic E-state index is -0.235. The molecule has 2 heterocycles. The molecule has 0 aliphatic heterocycles. The summed E-state index contributed by atoms with van der Waals surface area (Å²) in [5, 5.41) is 6.01. The summed E-state index contributed by atoms with van der Waals surface area (Å²) >= 11 is 0. The normalized spacial score (nSPS) is 10.4. The quantitative estimate of drug-likeness (QED) is 0.627. The molecule has 2 N–H and O–H groups in total. The highest BCUT2D eigenvalue weighted by Gasteiger charge is 2.11. The van der Waals surface area contributed by atoms with Crippen molar-refractivity contribution in [3.05, 3.63) is 77.4 Å². The van der Waals surface area contributed by atoms with Gasteiger partial charge in [-0.2, -0.15) is 0 Å². The lowest BCUT2D eigenvalue weighted by Crippen LogP contribution is -2.27. The summed E-state index contributed by atoms with van der Waals surface area (Å²) in [5.74, 6) is 0.984. The summed E-state index contributed by atoms with van der Waals surface area (Å²) in [4.78, 5) is 25.4. The number of anilines is 1. The maximum absolute atomic E-state index is 12.5. The Hall–Kier alpha value is -3.48. The summed E-state index contributed by atoms with van der Waals surface area (Å²) in [6, 6.07) is 15.1. The fourth-order valence-electron chi connectivity index (χ4n) is 2.75. The van der Waals surface area contributed by atoms with E-state index in [2.05, 4.69) is 25.6 Å². The summed E-state index contributed by atoms with van der Waals surface area (Å²) in [6.07, 6.45) is 2.40. The van der Waals surface area contributed by atoms with Crippen molar-refractivity contribution in [3.8, 4) is 5.75 Å². The van der Waals surface area contributed by atoms with Gasteiger partial charge >= 0.3 is 0 Å².